The number of carbonyl (C=O) groups excluding carboxylic acids is 2. The summed E-state index contributed by atoms with van der Waals surface area (Å²) in [7, 11) is 0. The SMILES string of the molecule is O=C1NC(=O)C2(CCc3ccc(O)cc3C2)N1. The Morgan fingerprint density at radius 1 is 1.24 bits per heavy atom. The third-order valence-electron chi connectivity index (χ3n) is 3.52. The summed E-state index contributed by atoms with van der Waals surface area (Å²) in [4.78, 5) is 23.0. The van der Waals surface area contributed by atoms with Gasteiger partial charge >= 0.3 is 6.03 Å². The van der Waals surface area contributed by atoms with Gasteiger partial charge in [-0.05, 0) is 36.1 Å². The number of fused-ring (bicyclic) bond motifs is 1. The Bertz CT molecular complexity index is 526. The van der Waals surface area contributed by atoms with Crippen LogP contribution in [0.2, 0.25) is 0 Å². The predicted molar refractivity (Wildman–Crippen MR) is 59.5 cm³/mol. The van der Waals surface area contributed by atoms with Gasteiger partial charge < -0.3 is 10.4 Å². The van der Waals surface area contributed by atoms with E-state index in [1.165, 1.54) is 0 Å². The molecule has 1 spiro atoms. The number of aryl methyl sites for hydroxylation is 1. The lowest BCUT2D eigenvalue weighted by molar-refractivity contribution is -0.124. The Kier molecular flexibility index (Phi) is 1.92. The quantitative estimate of drug-likeness (QED) is 0.568. The molecule has 0 bridgehead atoms. The van der Waals surface area contributed by atoms with Crippen molar-refractivity contribution in [3.05, 3.63) is 29.3 Å². The molecular formula is C12H12N2O3. The molecule has 0 radical (unpaired) electrons. The van der Waals surface area contributed by atoms with E-state index >= 15 is 0 Å². The molecule has 1 atom stereocenters. The molecule has 1 aromatic carbocycles. The van der Waals surface area contributed by atoms with Gasteiger partial charge in [0.05, 0.1) is 0 Å². The minimum atomic E-state index is -0.822. The second-order valence-corrected chi connectivity index (χ2v) is 4.62. The van der Waals surface area contributed by atoms with Gasteiger partial charge in [0, 0.05) is 6.42 Å². The van der Waals surface area contributed by atoms with Gasteiger partial charge in [0.1, 0.15) is 11.3 Å². The maximum Gasteiger partial charge on any atom is 0.322 e. The van der Waals surface area contributed by atoms with Gasteiger partial charge in [0.15, 0.2) is 0 Å². The van der Waals surface area contributed by atoms with Crippen LogP contribution >= 0.6 is 0 Å². The Morgan fingerprint density at radius 3 is 2.76 bits per heavy atom. The normalized spacial score (nSPS) is 26.6. The summed E-state index contributed by atoms with van der Waals surface area (Å²) >= 11 is 0. The monoisotopic (exact) mass is 232 g/mol. The first-order valence-corrected chi connectivity index (χ1v) is 5.53. The van der Waals surface area contributed by atoms with Crippen LogP contribution in [0.5, 0.6) is 5.75 Å². The molecule has 1 heterocycles. The van der Waals surface area contributed by atoms with Gasteiger partial charge in [-0.1, -0.05) is 6.07 Å². The molecule has 1 saturated heterocycles. The van der Waals surface area contributed by atoms with Crippen molar-refractivity contribution in [3.8, 4) is 5.75 Å². The average molecular weight is 232 g/mol. The van der Waals surface area contributed by atoms with Crippen LogP contribution in [-0.2, 0) is 17.6 Å². The molecule has 3 rings (SSSR count). The van der Waals surface area contributed by atoms with Crippen molar-refractivity contribution in [3.63, 3.8) is 0 Å². The number of phenols is 1. The third-order valence-corrected chi connectivity index (χ3v) is 3.52. The Morgan fingerprint density at radius 2 is 2.06 bits per heavy atom. The number of carbonyl (C=O) groups is 2. The Labute approximate surface area is 97.8 Å². The fourth-order valence-electron chi connectivity index (χ4n) is 2.61. The van der Waals surface area contributed by atoms with Crippen molar-refractivity contribution >= 4 is 11.9 Å². The van der Waals surface area contributed by atoms with Crippen molar-refractivity contribution in [1.29, 1.82) is 0 Å². The number of aromatic hydroxyl groups is 1. The first-order valence-electron chi connectivity index (χ1n) is 5.53. The molecule has 3 N–H and O–H groups in total. The highest BCUT2D eigenvalue weighted by molar-refractivity contribution is 6.07. The molecule has 0 saturated carbocycles. The number of rotatable bonds is 0. The second kappa shape index (κ2) is 3.23. The maximum atomic E-state index is 11.8. The van der Waals surface area contributed by atoms with Crippen LogP contribution in [0.3, 0.4) is 0 Å². The minimum Gasteiger partial charge on any atom is -0.508 e. The third kappa shape index (κ3) is 1.46. The molecule has 5 nitrogen and oxygen atoms in total. The fourth-order valence-corrected chi connectivity index (χ4v) is 2.61. The molecular weight excluding hydrogens is 220 g/mol. The molecule has 88 valence electrons. The van der Waals surface area contributed by atoms with Crippen molar-refractivity contribution in [1.82, 2.24) is 10.6 Å². The smallest absolute Gasteiger partial charge is 0.322 e. The highest BCUT2D eigenvalue weighted by Crippen LogP contribution is 2.32. The van der Waals surface area contributed by atoms with E-state index in [9.17, 15) is 14.7 Å². The molecule has 1 aliphatic carbocycles. The predicted octanol–water partition coefficient (Wildman–Crippen LogP) is 0.459. The van der Waals surface area contributed by atoms with E-state index in [-0.39, 0.29) is 11.7 Å². The fraction of sp³-hybridized carbons (Fsp3) is 0.333. The van der Waals surface area contributed by atoms with Crippen LogP contribution < -0.4 is 10.6 Å². The zero-order chi connectivity index (χ0) is 12.0. The van der Waals surface area contributed by atoms with Gasteiger partial charge in [-0.3, -0.25) is 10.1 Å². The lowest BCUT2D eigenvalue weighted by Crippen LogP contribution is -2.51. The number of nitrogens with one attached hydrogen (secondary N) is 2. The molecule has 1 aliphatic heterocycles. The van der Waals surface area contributed by atoms with Crippen molar-refractivity contribution in [2.24, 2.45) is 0 Å². The highest BCUT2D eigenvalue weighted by atomic mass is 16.3. The molecule has 0 aromatic heterocycles. The number of phenolic OH excluding ortho intramolecular Hbond substituents is 1. The van der Waals surface area contributed by atoms with Gasteiger partial charge in [-0.15, -0.1) is 0 Å². The van der Waals surface area contributed by atoms with Crippen molar-refractivity contribution < 1.29 is 14.7 Å². The van der Waals surface area contributed by atoms with Crippen LogP contribution in [0, 0.1) is 0 Å². The highest BCUT2D eigenvalue weighted by Gasteiger charge is 2.47. The Balaban J connectivity index is 1.99. The van der Waals surface area contributed by atoms with Gasteiger partial charge in [-0.25, -0.2) is 4.79 Å². The summed E-state index contributed by atoms with van der Waals surface area (Å²) in [5.41, 5.74) is 1.23. The Hall–Kier alpha value is -2.04. The number of hydrogen-bond donors (Lipinski definition) is 3. The van der Waals surface area contributed by atoms with E-state index in [1.807, 2.05) is 6.07 Å². The summed E-state index contributed by atoms with van der Waals surface area (Å²) in [6.45, 7) is 0. The number of imide groups is 1. The lowest BCUT2D eigenvalue weighted by Gasteiger charge is -2.31. The van der Waals surface area contributed by atoms with Gasteiger partial charge in [-0.2, -0.15) is 0 Å². The van der Waals surface area contributed by atoms with E-state index < -0.39 is 11.6 Å². The van der Waals surface area contributed by atoms with Crippen molar-refractivity contribution in [2.45, 2.75) is 24.8 Å². The largest absolute Gasteiger partial charge is 0.508 e. The zero-order valence-electron chi connectivity index (χ0n) is 9.12. The van der Waals surface area contributed by atoms with Crippen LogP contribution in [-0.4, -0.2) is 22.6 Å². The average Bonchev–Trinajstić information content (AvgIpc) is 2.53. The van der Waals surface area contributed by atoms with E-state index in [0.717, 1.165) is 17.5 Å². The van der Waals surface area contributed by atoms with Crippen LogP contribution in [0.25, 0.3) is 0 Å². The first kappa shape index (κ1) is 10.1. The summed E-state index contributed by atoms with van der Waals surface area (Å²) < 4.78 is 0. The molecule has 1 aromatic rings. The van der Waals surface area contributed by atoms with Crippen molar-refractivity contribution in [2.75, 3.05) is 0 Å². The van der Waals surface area contributed by atoms with Crippen LogP contribution in [0.1, 0.15) is 17.5 Å². The number of hydrogen-bond acceptors (Lipinski definition) is 3. The second-order valence-electron chi connectivity index (χ2n) is 4.62. The molecule has 3 amide bonds. The minimum absolute atomic E-state index is 0.186. The molecule has 1 unspecified atom stereocenters. The number of urea groups is 1. The summed E-state index contributed by atoms with van der Waals surface area (Å²) in [6.07, 6.45) is 1.76. The van der Waals surface area contributed by atoms with E-state index in [2.05, 4.69) is 10.6 Å². The number of benzene rings is 1. The number of amides is 3. The molecule has 17 heavy (non-hydrogen) atoms. The van der Waals surface area contributed by atoms with E-state index in [0.29, 0.717) is 12.8 Å². The lowest BCUT2D eigenvalue weighted by atomic mass is 9.78. The van der Waals surface area contributed by atoms with Crippen LogP contribution in [0.15, 0.2) is 18.2 Å². The van der Waals surface area contributed by atoms with E-state index in [4.69, 9.17) is 0 Å². The topological polar surface area (TPSA) is 78.4 Å². The van der Waals surface area contributed by atoms with Crippen LogP contribution in [0.4, 0.5) is 4.79 Å². The first-order chi connectivity index (χ1) is 8.09. The van der Waals surface area contributed by atoms with E-state index in [1.54, 1.807) is 12.1 Å². The summed E-state index contributed by atoms with van der Waals surface area (Å²) in [6, 6.07) is 4.74. The standard InChI is InChI=1S/C12H12N2O3/c15-9-2-1-7-3-4-12(6-8(7)5-9)10(16)13-11(17)14-12/h1-2,5,15H,3-4,6H2,(H2,13,14,16,17). The maximum absolute atomic E-state index is 11.8. The molecule has 5 heteroatoms. The summed E-state index contributed by atoms with van der Waals surface area (Å²) in [5.74, 6) is -0.0815. The zero-order valence-corrected chi connectivity index (χ0v) is 9.12. The molecule has 2 aliphatic rings. The molecule has 1 fully saturated rings. The van der Waals surface area contributed by atoms with Gasteiger partial charge in [0.2, 0.25) is 0 Å². The summed E-state index contributed by atoms with van der Waals surface area (Å²) in [5, 5.41) is 14.4. The van der Waals surface area contributed by atoms with Gasteiger partial charge in [0.25, 0.3) is 5.91 Å².